The van der Waals surface area contributed by atoms with E-state index >= 15 is 0 Å². The summed E-state index contributed by atoms with van der Waals surface area (Å²) in [7, 11) is 3.89. The standard InChI is InChI=1S/C14H21BrN2O/c1-17-8-7-16-12(10-17)5-3-11-4-6-14(18-2)13(15)9-11/h4,6,9,12,16H,3,5,7-8,10H2,1-2H3. The Morgan fingerprint density at radius 3 is 3.00 bits per heavy atom. The average molecular weight is 313 g/mol. The van der Waals surface area contributed by atoms with Crippen molar-refractivity contribution < 1.29 is 4.74 Å². The zero-order chi connectivity index (χ0) is 13.0. The summed E-state index contributed by atoms with van der Waals surface area (Å²) in [5, 5.41) is 3.58. The van der Waals surface area contributed by atoms with Crippen LogP contribution in [-0.4, -0.2) is 44.7 Å². The molecule has 0 spiro atoms. The van der Waals surface area contributed by atoms with Crippen LogP contribution in [0.2, 0.25) is 0 Å². The van der Waals surface area contributed by atoms with Crippen LogP contribution < -0.4 is 10.1 Å². The lowest BCUT2D eigenvalue weighted by Gasteiger charge is -2.31. The normalized spacial score (nSPS) is 20.9. The van der Waals surface area contributed by atoms with E-state index in [0.717, 1.165) is 36.3 Å². The van der Waals surface area contributed by atoms with Gasteiger partial charge in [-0.2, -0.15) is 0 Å². The number of methoxy groups -OCH3 is 1. The molecule has 1 N–H and O–H groups in total. The maximum absolute atomic E-state index is 5.24. The zero-order valence-corrected chi connectivity index (χ0v) is 12.7. The Morgan fingerprint density at radius 1 is 1.50 bits per heavy atom. The molecule has 0 saturated carbocycles. The van der Waals surface area contributed by atoms with Crippen molar-refractivity contribution in [2.24, 2.45) is 0 Å². The van der Waals surface area contributed by atoms with Crippen molar-refractivity contribution in [3.05, 3.63) is 28.2 Å². The second kappa shape index (κ2) is 6.55. The van der Waals surface area contributed by atoms with Crippen LogP contribution in [0.25, 0.3) is 0 Å². The molecule has 1 fully saturated rings. The number of halogens is 1. The van der Waals surface area contributed by atoms with E-state index in [0.29, 0.717) is 6.04 Å². The molecule has 1 atom stereocenters. The van der Waals surface area contributed by atoms with Crippen LogP contribution in [0, 0.1) is 0 Å². The zero-order valence-electron chi connectivity index (χ0n) is 11.1. The minimum Gasteiger partial charge on any atom is -0.496 e. The predicted molar refractivity (Wildman–Crippen MR) is 78.3 cm³/mol. The first-order valence-electron chi connectivity index (χ1n) is 6.43. The Bertz CT molecular complexity index is 397. The molecular formula is C14H21BrN2O. The van der Waals surface area contributed by atoms with Crippen LogP contribution in [0.3, 0.4) is 0 Å². The van der Waals surface area contributed by atoms with Crippen LogP contribution in [0.1, 0.15) is 12.0 Å². The number of hydrogen-bond acceptors (Lipinski definition) is 3. The van der Waals surface area contributed by atoms with Gasteiger partial charge in [0.2, 0.25) is 0 Å². The summed E-state index contributed by atoms with van der Waals surface area (Å²) in [6, 6.07) is 6.95. The average Bonchev–Trinajstić information content (AvgIpc) is 2.37. The van der Waals surface area contributed by atoms with Crippen molar-refractivity contribution >= 4 is 15.9 Å². The molecular weight excluding hydrogens is 292 g/mol. The van der Waals surface area contributed by atoms with E-state index in [4.69, 9.17) is 4.74 Å². The van der Waals surface area contributed by atoms with Crippen LogP contribution >= 0.6 is 15.9 Å². The molecule has 1 aliphatic heterocycles. The molecule has 0 bridgehead atoms. The van der Waals surface area contributed by atoms with Crippen molar-refractivity contribution in [3.8, 4) is 5.75 Å². The molecule has 1 unspecified atom stereocenters. The molecule has 4 heteroatoms. The summed E-state index contributed by atoms with van der Waals surface area (Å²) in [4.78, 5) is 2.39. The number of aryl methyl sites for hydroxylation is 1. The van der Waals surface area contributed by atoms with Crippen molar-refractivity contribution in [2.45, 2.75) is 18.9 Å². The first-order valence-corrected chi connectivity index (χ1v) is 7.22. The summed E-state index contributed by atoms with van der Waals surface area (Å²) in [6.07, 6.45) is 2.29. The summed E-state index contributed by atoms with van der Waals surface area (Å²) < 4.78 is 6.28. The fourth-order valence-electron chi connectivity index (χ4n) is 2.39. The molecule has 1 aromatic carbocycles. The van der Waals surface area contributed by atoms with Gasteiger partial charge in [0.1, 0.15) is 5.75 Å². The van der Waals surface area contributed by atoms with Gasteiger partial charge < -0.3 is 15.0 Å². The highest BCUT2D eigenvalue weighted by Gasteiger charge is 2.16. The lowest BCUT2D eigenvalue weighted by Crippen LogP contribution is -2.49. The topological polar surface area (TPSA) is 24.5 Å². The second-order valence-electron chi connectivity index (χ2n) is 4.92. The quantitative estimate of drug-likeness (QED) is 0.923. The van der Waals surface area contributed by atoms with Gasteiger partial charge in [0.15, 0.2) is 0 Å². The molecule has 1 saturated heterocycles. The van der Waals surface area contributed by atoms with E-state index < -0.39 is 0 Å². The highest BCUT2D eigenvalue weighted by Crippen LogP contribution is 2.26. The maximum Gasteiger partial charge on any atom is 0.133 e. The van der Waals surface area contributed by atoms with Gasteiger partial charge in [-0.25, -0.2) is 0 Å². The monoisotopic (exact) mass is 312 g/mol. The number of ether oxygens (including phenoxy) is 1. The summed E-state index contributed by atoms with van der Waals surface area (Å²) >= 11 is 3.53. The van der Waals surface area contributed by atoms with Crippen molar-refractivity contribution in [3.63, 3.8) is 0 Å². The van der Waals surface area contributed by atoms with E-state index in [-0.39, 0.29) is 0 Å². The Hall–Kier alpha value is -0.580. The fraction of sp³-hybridized carbons (Fsp3) is 0.571. The minimum absolute atomic E-state index is 0.615. The van der Waals surface area contributed by atoms with Gasteiger partial charge in [0.25, 0.3) is 0 Å². The van der Waals surface area contributed by atoms with Crippen molar-refractivity contribution in [1.82, 2.24) is 10.2 Å². The first-order chi connectivity index (χ1) is 8.69. The molecule has 1 aliphatic rings. The largest absolute Gasteiger partial charge is 0.496 e. The minimum atomic E-state index is 0.615. The number of piperazine rings is 1. The number of nitrogens with zero attached hydrogens (tertiary/aromatic N) is 1. The van der Waals surface area contributed by atoms with Gasteiger partial charge >= 0.3 is 0 Å². The van der Waals surface area contributed by atoms with Gasteiger partial charge in [-0.05, 0) is 53.5 Å². The van der Waals surface area contributed by atoms with Crippen LogP contribution in [0.4, 0.5) is 0 Å². The van der Waals surface area contributed by atoms with Gasteiger partial charge in [-0.15, -0.1) is 0 Å². The van der Waals surface area contributed by atoms with E-state index in [2.05, 4.69) is 45.3 Å². The van der Waals surface area contributed by atoms with Crippen molar-refractivity contribution in [2.75, 3.05) is 33.8 Å². The van der Waals surface area contributed by atoms with Crippen LogP contribution in [0.5, 0.6) is 5.75 Å². The number of benzene rings is 1. The second-order valence-corrected chi connectivity index (χ2v) is 5.78. The summed E-state index contributed by atoms with van der Waals surface area (Å²) in [5.74, 6) is 0.897. The molecule has 100 valence electrons. The fourth-order valence-corrected chi connectivity index (χ4v) is 2.98. The third-order valence-electron chi connectivity index (χ3n) is 3.46. The molecule has 3 nitrogen and oxygen atoms in total. The summed E-state index contributed by atoms with van der Waals surface area (Å²) in [6.45, 7) is 3.41. The van der Waals surface area contributed by atoms with E-state index in [1.165, 1.54) is 12.0 Å². The molecule has 0 aliphatic carbocycles. The molecule has 1 aromatic rings. The van der Waals surface area contributed by atoms with E-state index in [1.54, 1.807) is 7.11 Å². The van der Waals surface area contributed by atoms with E-state index in [9.17, 15) is 0 Å². The molecule has 0 amide bonds. The molecule has 0 aromatic heterocycles. The third kappa shape index (κ3) is 3.70. The van der Waals surface area contributed by atoms with Crippen LogP contribution in [0.15, 0.2) is 22.7 Å². The van der Waals surface area contributed by atoms with Gasteiger partial charge in [0, 0.05) is 25.7 Å². The molecule has 2 rings (SSSR count). The Kier molecular flexibility index (Phi) is 5.03. The molecule has 0 radical (unpaired) electrons. The van der Waals surface area contributed by atoms with Gasteiger partial charge in [-0.3, -0.25) is 0 Å². The predicted octanol–water partition coefficient (Wildman–Crippen LogP) is 2.29. The number of hydrogen-bond donors (Lipinski definition) is 1. The highest BCUT2D eigenvalue weighted by molar-refractivity contribution is 9.10. The molecule has 1 heterocycles. The number of rotatable bonds is 4. The highest BCUT2D eigenvalue weighted by atomic mass is 79.9. The van der Waals surface area contributed by atoms with Crippen LogP contribution in [-0.2, 0) is 6.42 Å². The molecule has 18 heavy (non-hydrogen) atoms. The van der Waals surface area contributed by atoms with E-state index in [1.807, 2.05) is 6.07 Å². The van der Waals surface area contributed by atoms with Crippen molar-refractivity contribution in [1.29, 1.82) is 0 Å². The Balaban J connectivity index is 1.88. The van der Waals surface area contributed by atoms with Gasteiger partial charge in [-0.1, -0.05) is 6.07 Å². The Morgan fingerprint density at radius 2 is 2.33 bits per heavy atom. The first kappa shape index (κ1) is 13.8. The number of nitrogens with one attached hydrogen (secondary N) is 1. The number of likely N-dealkylation sites (N-methyl/N-ethyl adjacent to an activating group) is 1. The smallest absolute Gasteiger partial charge is 0.133 e. The lowest BCUT2D eigenvalue weighted by atomic mass is 10.0. The SMILES string of the molecule is COc1ccc(CCC2CN(C)CCN2)cc1Br. The summed E-state index contributed by atoms with van der Waals surface area (Å²) in [5.41, 5.74) is 1.36. The Labute approximate surface area is 118 Å². The van der Waals surface area contributed by atoms with Gasteiger partial charge in [0.05, 0.1) is 11.6 Å². The third-order valence-corrected chi connectivity index (χ3v) is 4.08. The lowest BCUT2D eigenvalue weighted by molar-refractivity contribution is 0.232. The maximum atomic E-state index is 5.24.